The van der Waals surface area contributed by atoms with Crippen molar-refractivity contribution in [1.29, 1.82) is 0 Å². The maximum Gasteiger partial charge on any atom is 0.191 e. The Morgan fingerprint density at radius 2 is 1.75 bits per heavy atom. The molecule has 0 amide bonds. The van der Waals surface area contributed by atoms with E-state index in [0.717, 1.165) is 46.7 Å². The first-order valence-corrected chi connectivity index (χ1v) is 9.50. The number of nitrogens with zero attached hydrogens (tertiary/aromatic N) is 3. The van der Waals surface area contributed by atoms with E-state index in [-0.39, 0.29) is 0 Å². The predicted octanol–water partition coefficient (Wildman–Crippen LogP) is 5.34. The number of hydrogen-bond acceptors (Lipinski definition) is 3. The molecule has 0 N–H and O–H groups in total. The van der Waals surface area contributed by atoms with Gasteiger partial charge in [-0.15, -0.1) is 10.2 Å². The van der Waals surface area contributed by atoms with E-state index in [1.807, 2.05) is 30.3 Å². The highest BCUT2D eigenvalue weighted by atomic mass is 35.5. The molecule has 0 fully saturated rings. The van der Waals surface area contributed by atoms with Gasteiger partial charge >= 0.3 is 0 Å². The van der Waals surface area contributed by atoms with Crippen LogP contribution in [0, 0.1) is 0 Å². The zero-order valence-corrected chi connectivity index (χ0v) is 15.2. The first-order valence-electron chi connectivity index (χ1n) is 8.14. The van der Waals surface area contributed by atoms with Crippen molar-refractivity contribution in [2.24, 2.45) is 0 Å². The topological polar surface area (TPSA) is 30.7 Å². The molecule has 0 aliphatic heterocycles. The molecule has 0 saturated heterocycles. The first-order chi connectivity index (χ1) is 11.8. The molecule has 1 heterocycles. The summed E-state index contributed by atoms with van der Waals surface area (Å²) in [6, 6.07) is 18.3. The summed E-state index contributed by atoms with van der Waals surface area (Å²) in [6.45, 7) is 3.09. The van der Waals surface area contributed by atoms with Gasteiger partial charge in [0.2, 0.25) is 0 Å². The Balaban J connectivity index is 1.74. The fourth-order valence-electron chi connectivity index (χ4n) is 2.54. The highest BCUT2D eigenvalue weighted by molar-refractivity contribution is 7.99. The van der Waals surface area contributed by atoms with Gasteiger partial charge < -0.3 is 4.57 Å². The Hall–Kier alpha value is -1.78. The van der Waals surface area contributed by atoms with Crippen LogP contribution in [0.25, 0.3) is 11.4 Å². The first kappa shape index (κ1) is 17.1. The van der Waals surface area contributed by atoms with Crippen molar-refractivity contribution in [1.82, 2.24) is 14.8 Å². The summed E-state index contributed by atoms with van der Waals surface area (Å²) in [7, 11) is 0. The molecule has 0 atom stereocenters. The van der Waals surface area contributed by atoms with E-state index in [9.17, 15) is 0 Å². The van der Waals surface area contributed by atoms with Crippen molar-refractivity contribution >= 4 is 23.4 Å². The molecule has 3 aromatic rings. The Morgan fingerprint density at radius 1 is 1.00 bits per heavy atom. The summed E-state index contributed by atoms with van der Waals surface area (Å²) in [6.07, 6.45) is 2.08. The lowest BCUT2D eigenvalue weighted by Crippen LogP contribution is -2.02. The normalized spacial score (nSPS) is 10.9. The van der Waals surface area contributed by atoms with Crippen LogP contribution in [0.2, 0.25) is 5.02 Å². The van der Waals surface area contributed by atoms with Crippen LogP contribution in [-0.4, -0.2) is 20.5 Å². The van der Waals surface area contributed by atoms with Crippen molar-refractivity contribution in [3.63, 3.8) is 0 Å². The van der Waals surface area contributed by atoms with Gasteiger partial charge in [0.1, 0.15) is 0 Å². The Kier molecular flexibility index (Phi) is 5.94. The van der Waals surface area contributed by atoms with E-state index in [2.05, 4.69) is 46.0 Å². The number of hydrogen-bond donors (Lipinski definition) is 0. The van der Waals surface area contributed by atoms with Crippen molar-refractivity contribution in [2.45, 2.75) is 31.5 Å². The van der Waals surface area contributed by atoms with E-state index >= 15 is 0 Å². The highest BCUT2D eigenvalue weighted by Gasteiger charge is 2.13. The second-order valence-electron chi connectivity index (χ2n) is 5.55. The fourth-order valence-corrected chi connectivity index (χ4v) is 3.62. The second-order valence-corrected chi connectivity index (χ2v) is 7.05. The third kappa shape index (κ3) is 4.19. The molecule has 3 nitrogen and oxygen atoms in total. The Morgan fingerprint density at radius 3 is 2.46 bits per heavy atom. The van der Waals surface area contributed by atoms with E-state index < -0.39 is 0 Å². The van der Waals surface area contributed by atoms with Gasteiger partial charge in [-0.2, -0.15) is 0 Å². The average molecular weight is 358 g/mol. The summed E-state index contributed by atoms with van der Waals surface area (Å²) in [5.74, 6) is 1.91. The molecule has 5 heteroatoms. The van der Waals surface area contributed by atoms with Gasteiger partial charge in [0.05, 0.1) is 0 Å². The van der Waals surface area contributed by atoms with E-state index in [4.69, 9.17) is 11.6 Å². The lowest BCUT2D eigenvalue weighted by molar-refractivity contribution is 0.626. The minimum absolute atomic E-state index is 0.734. The molecule has 2 aromatic carbocycles. The molecule has 0 unspecified atom stereocenters. The molecule has 0 aliphatic carbocycles. The summed E-state index contributed by atoms with van der Waals surface area (Å²) in [5.41, 5.74) is 2.40. The number of rotatable bonds is 7. The Labute approximate surface area is 152 Å². The molecule has 124 valence electrons. The molecule has 3 rings (SSSR count). The van der Waals surface area contributed by atoms with Gasteiger partial charge in [0.15, 0.2) is 11.0 Å². The zero-order chi connectivity index (χ0) is 16.8. The average Bonchev–Trinajstić information content (AvgIpc) is 3.00. The van der Waals surface area contributed by atoms with Crippen molar-refractivity contribution in [2.75, 3.05) is 5.75 Å². The van der Waals surface area contributed by atoms with Crippen LogP contribution in [0.5, 0.6) is 0 Å². The van der Waals surface area contributed by atoms with Gasteiger partial charge in [0, 0.05) is 22.9 Å². The maximum atomic E-state index is 5.99. The number of aromatic nitrogens is 3. The zero-order valence-electron chi connectivity index (χ0n) is 13.7. The van der Waals surface area contributed by atoms with Crippen LogP contribution in [0.15, 0.2) is 59.8 Å². The van der Waals surface area contributed by atoms with E-state index in [0.29, 0.717) is 0 Å². The summed E-state index contributed by atoms with van der Waals surface area (Å²) >= 11 is 7.75. The molecule has 1 aromatic heterocycles. The third-order valence-corrected chi connectivity index (χ3v) is 4.95. The molecule has 0 spiro atoms. The molecule has 0 saturated carbocycles. The summed E-state index contributed by atoms with van der Waals surface area (Å²) in [5, 5.41) is 10.5. The van der Waals surface area contributed by atoms with Gasteiger partial charge in [-0.05, 0) is 42.7 Å². The molecular weight excluding hydrogens is 338 g/mol. The second kappa shape index (κ2) is 8.36. The molecular formula is C19H20ClN3S. The van der Waals surface area contributed by atoms with Gasteiger partial charge in [0.25, 0.3) is 0 Å². The van der Waals surface area contributed by atoms with E-state index in [1.54, 1.807) is 11.8 Å². The molecule has 0 bridgehead atoms. The highest BCUT2D eigenvalue weighted by Crippen LogP contribution is 2.26. The van der Waals surface area contributed by atoms with Crippen molar-refractivity contribution in [3.8, 4) is 11.4 Å². The monoisotopic (exact) mass is 357 g/mol. The van der Waals surface area contributed by atoms with Gasteiger partial charge in [-0.3, -0.25) is 0 Å². The van der Waals surface area contributed by atoms with Crippen LogP contribution < -0.4 is 0 Å². The molecule has 0 aliphatic rings. The number of aryl methyl sites for hydroxylation is 1. The lowest BCUT2D eigenvalue weighted by atomic mass is 10.2. The fraction of sp³-hybridized carbons (Fsp3) is 0.263. The lowest BCUT2D eigenvalue weighted by Gasteiger charge is -2.09. The van der Waals surface area contributed by atoms with E-state index in [1.165, 1.54) is 5.56 Å². The molecule has 24 heavy (non-hydrogen) atoms. The van der Waals surface area contributed by atoms with Gasteiger partial charge in [-0.1, -0.05) is 60.6 Å². The summed E-state index contributed by atoms with van der Waals surface area (Å²) in [4.78, 5) is 0. The van der Waals surface area contributed by atoms with Crippen LogP contribution in [0.3, 0.4) is 0 Å². The van der Waals surface area contributed by atoms with Crippen LogP contribution in [-0.2, 0) is 13.0 Å². The third-order valence-electron chi connectivity index (χ3n) is 3.73. The number of thioether (sulfide) groups is 1. The van der Waals surface area contributed by atoms with Crippen LogP contribution in [0.1, 0.15) is 18.9 Å². The number of benzene rings is 2. The Bertz CT molecular complexity index is 769. The standard InChI is InChI=1S/C19H20ClN3S/c1-2-13-23-18(16-8-10-17(20)11-9-16)21-22-19(23)24-14-12-15-6-4-3-5-7-15/h3-11H,2,12-14H2,1H3. The quantitative estimate of drug-likeness (QED) is 0.534. The van der Waals surface area contributed by atoms with Crippen LogP contribution in [0.4, 0.5) is 0 Å². The van der Waals surface area contributed by atoms with Crippen molar-refractivity contribution in [3.05, 3.63) is 65.2 Å². The predicted molar refractivity (Wildman–Crippen MR) is 102 cm³/mol. The smallest absolute Gasteiger partial charge is 0.191 e. The minimum Gasteiger partial charge on any atom is -0.302 e. The number of halogens is 1. The van der Waals surface area contributed by atoms with Crippen molar-refractivity contribution < 1.29 is 0 Å². The largest absolute Gasteiger partial charge is 0.302 e. The summed E-state index contributed by atoms with van der Waals surface area (Å²) < 4.78 is 2.21. The van der Waals surface area contributed by atoms with Crippen LogP contribution >= 0.6 is 23.4 Å². The van der Waals surface area contributed by atoms with Gasteiger partial charge in [-0.25, -0.2) is 0 Å². The maximum absolute atomic E-state index is 5.99. The SMILES string of the molecule is CCCn1c(SCCc2ccccc2)nnc1-c1ccc(Cl)cc1. The minimum atomic E-state index is 0.734. The molecule has 0 radical (unpaired) electrons.